The maximum Gasteiger partial charge on any atom is 0.322 e. The second-order valence-electron chi connectivity index (χ2n) is 7.87. The van der Waals surface area contributed by atoms with Gasteiger partial charge in [0.05, 0.1) is 13.2 Å². The number of carboxylic acids is 1. The summed E-state index contributed by atoms with van der Waals surface area (Å²) in [6.45, 7) is 5.94. The zero-order chi connectivity index (χ0) is 21.9. The highest BCUT2D eigenvalue weighted by molar-refractivity contribution is 5.81. The third-order valence-corrected chi connectivity index (χ3v) is 5.05. The summed E-state index contributed by atoms with van der Waals surface area (Å²) in [5.74, 6) is -0.525. The number of carboxylic acid groups (broad SMARTS) is 1. The van der Waals surface area contributed by atoms with Gasteiger partial charge in [-0.15, -0.1) is 0 Å². The van der Waals surface area contributed by atoms with Crippen molar-refractivity contribution in [2.24, 2.45) is 0 Å². The molecule has 1 aromatic carbocycles. The van der Waals surface area contributed by atoms with Crippen LogP contribution in [0.3, 0.4) is 0 Å². The monoisotopic (exact) mass is 419 g/mol. The van der Waals surface area contributed by atoms with Gasteiger partial charge in [0.2, 0.25) is 11.8 Å². The molecular weight excluding hydrogens is 386 g/mol. The van der Waals surface area contributed by atoms with Gasteiger partial charge in [-0.2, -0.15) is 0 Å². The van der Waals surface area contributed by atoms with E-state index in [9.17, 15) is 14.4 Å². The number of amides is 2. The molecule has 0 aliphatic carbocycles. The smallest absolute Gasteiger partial charge is 0.322 e. The summed E-state index contributed by atoms with van der Waals surface area (Å²) in [4.78, 5) is 36.8. The minimum absolute atomic E-state index is 0.0247. The number of hydrogen-bond donors (Lipinski definition) is 3. The molecule has 1 aromatic rings. The van der Waals surface area contributed by atoms with Crippen molar-refractivity contribution >= 4 is 17.8 Å². The zero-order valence-electron chi connectivity index (χ0n) is 17.9. The van der Waals surface area contributed by atoms with Crippen LogP contribution in [0.5, 0.6) is 5.75 Å². The molecule has 8 nitrogen and oxygen atoms in total. The molecule has 0 radical (unpaired) electrons. The van der Waals surface area contributed by atoms with E-state index in [2.05, 4.69) is 29.4 Å². The maximum atomic E-state index is 12.3. The van der Waals surface area contributed by atoms with Gasteiger partial charge in [0.15, 0.2) is 0 Å². The molecule has 0 atom stereocenters. The van der Waals surface area contributed by atoms with Gasteiger partial charge < -0.3 is 20.5 Å². The lowest BCUT2D eigenvalue weighted by molar-refractivity contribution is -0.137. The SMILES string of the molecule is CC(C)N1CC(=O)NCCCCCOc2ccc(CCC(=O)NCC(=O)O)cc2C1. The van der Waals surface area contributed by atoms with Crippen LogP contribution in [0.15, 0.2) is 18.2 Å². The van der Waals surface area contributed by atoms with E-state index in [0.717, 1.165) is 36.1 Å². The van der Waals surface area contributed by atoms with Crippen molar-refractivity contribution in [1.29, 1.82) is 0 Å². The first-order valence-corrected chi connectivity index (χ1v) is 10.6. The van der Waals surface area contributed by atoms with Crippen molar-refractivity contribution in [1.82, 2.24) is 15.5 Å². The standard InChI is InChI=1S/C22H33N3O5/c1-16(2)25-14-18-12-17(7-9-20(26)24-13-22(28)29)6-8-19(18)30-11-5-3-4-10-23-21(27)15-25/h6,8,12,16H,3-5,7,9-11,13-15H2,1-2H3,(H,23,27)(H,24,26)(H,28,29). The Morgan fingerprint density at radius 2 is 2.03 bits per heavy atom. The molecular formula is C22H33N3O5. The molecule has 2 rings (SSSR count). The number of nitrogens with one attached hydrogen (secondary N) is 2. The van der Waals surface area contributed by atoms with Crippen LogP contribution < -0.4 is 15.4 Å². The lowest BCUT2D eigenvalue weighted by Crippen LogP contribution is -2.40. The Hall–Kier alpha value is -2.61. The number of aliphatic carboxylic acids is 1. The molecule has 0 aromatic heterocycles. The average Bonchev–Trinajstić information content (AvgIpc) is 2.71. The molecule has 0 saturated heterocycles. The number of carbonyl (C=O) groups is 3. The van der Waals surface area contributed by atoms with Crippen molar-refractivity contribution < 1.29 is 24.2 Å². The molecule has 1 aliphatic heterocycles. The molecule has 166 valence electrons. The highest BCUT2D eigenvalue weighted by Gasteiger charge is 2.18. The Kier molecular flexibility index (Phi) is 9.60. The van der Waals surface area contributed by atoms with Crippen LogP contribution in [0.2, 0.25) is 0 Å². The number of hydrogen-bond acceptors (Lipinski definition) is 5. The van der Waals surface area contributed by atoms with E-state index in [1.54, 1.807) is 0 Å². The molecule has 1 heterocycles. The zero-order valence-corrected chi connectivity index (χ0v) is 17.9. The molecule has 0 fully saturated rings. The second-order valence-corrected chi connectivity index (χ2v) is 7.87. The molecule has 2 amide bonds. The average molecular weight is 420 g/mol. The van der Waals surface area contributed by atoms with E-state index in [0.29, 0.717) is 32.7 Å². The van der Waals surface area contributed by atoms with Crippen molar-refractivity contribution in [3.63, 3.8) is 0 Å². The fraction of sp³-hybridized carbons (Fsp3) is 0.591. The van der Waals surface area contributed by atoms with Gasteiger partial charge in [0.1, 0.15) is 12.3 Å². The van der Waals surface area contributed by atoms with Crippen LogP contribution in [0.4, 0.5) is 0 Å². The predicted octanol–water partition coefficient (Wildman–Crippen LogP) is 1.71. The van der Waals surface area contributed by atoms with Gasteiger partial charge in [0.25, 0.3) is 0 Å². The van der Waals surface area contributed by atoms with Crippen molar-refractivity contribution in [3.8, 4) is 5.75 Å². The number of benzene rings is 1. The third-order valence-electron chi connectivity index (χ3n) is 5.05. The summed E-state index contributed by atoms with van der Waals surface area (Å²) in [7, 11) is 0. The maximum absolute atomic E-state index is 12.3. The number of nitrogens with zero attached hydrogens (tertiary/aromatic N) is 1. The van der Waals surface area contributed by atoms with Crippen LogP contribution >= 0.6 is 0 Å². The van der Waals surface area contributed by atoms with Gasteiger partial charge in [-0.3, -0.25) is 19.3 Å². The van der Waals surface area contributed by atoms with E-state index >= 15 is 0 Å². The molecule has 0 bridgehead atoms. The largest absolute Gasteiger partial charge is 0.493 e. The minimum atomic E-state index is -1.06. The summed E-state index contributed by atoms with van der Waals surface area (Å²) in [5, 5.41) is 14.0. The fourth-order valence-corrected chi connectivity index (χ4v) is 3.27. The Morgan fingerprint density at radius 3 is 2.77 bits per heavy atom. The van der Waals surface area contributed by atoms with Crippen LogP contribution in [0.25, 0.3) is 0 Å². The number of fused-ring (bicyclic) bond motifs is 1. The summed E-state index contributed by atoms with van der Waals surface area (Å²) in [6, 6.07) is 6.07. The molecule has 0 saturated carbocycles. The number of ether oxygens (including phenoxy) is 1. The van der Waals surface area contributed by atoms with E-state index < -0.39 is 5.97 Å². The second kappa shape index (κ2) is 12.2. The Labute approximate surface area is 178 Å². The minimum Gasteiger partial charge on any atom is -0.493 e. The van der Waals surface area contributed by atoms with Gasteiger partial charge in [0, 0.05) is 31.1 Å². The molecule has 30 heavy (non-hydrogen) atoms. The Morgan fingerprint density at radius 1 is 1.23 bits per heavy atom. The summed E-state index contributed by atoms with van der Waals surface area (Å²) in [5.41, 5.74) is 1.96. The molecule has 1 aliphatic rings. The first kappa shape index (κ1) is 23.7. The molecule has 0 spiro atoms. The van der Waals surface area contributed by atoms with Crippen molar-refractivity contribution in [2.75, 3.05) is 26.2 Å². The molecule has 8 heteroatoms. The fourth-order valence-electron chi connectivity index (χ4n) is 3.27. The lowest BCUT2D eigenvalue weighted by atomic mass is 10.0. The first-order valence-electron chi connectivity index (χ1n) is 10.6. The van der Waals surface area contributed by atoms with Crippen LogP contribution in [0.1, 0.15) is 50.7 Å². The Bertz CT molecular complexity index is 735. The highest BCUT2D eigenvalue weighted by atomic mass is 16.5. The number of carbonyl (C=O) groups excluding carboxylic acids is 2. The van der Waals surface area contributed by atoms with E-state index in [-0.39, 0.29) is 30.8 Å². The van der Waals surface area contributed by atoms with Crippen molar-refractivity contribution in [2.45, 2.75) is 58.5 Å². The summed E-state index contributed by atoms with van der Waals surface area (Å²) in [6.07, 6.45) is 3.57. The third kappa shape index (κ3) is 8.41. The summed E-state index contributed by atoms with van der Waals surface area (Å²) >= 11 is 0. The van der Waals surface area contributed by atoms with Gasteiger partial charge in [-0.1, -0.05) is 12.1 Å². The quantitative estimate of drug-likeness (QED) is 0.648. The lowest BCUT2D eigenvalue weighted by Gasteiger charge is -2.27. The predicted molar refractivity (Wildman–Crippen MR) is 113 cm³/mol. The van der Waals surface area contributed by atoms with Gasteiger partial charge >= 0.3 is 5.97 Å². The van der Waals surface area contributed by atoms with E-state index in [1.165, 1.54) is 0 Å². The van der Waals surface area contributed by atoms with Crippen molar-refractivity contribution in [3.05, 3.63) is 29.3 Å². The van der Waals surface area contributed by atoms with Crippen LogP contribution in [0, 0.1) is 0 Å². The van der Waals surface area contributed by atoms with Gasteiger partial charge in [-0.05, 0) is 51.2 Å². The number of aryl methyl sites for hydroxylation is 1. The highest BCUT2D eigenvalue weighted by Crippen LogP contribution is 2.24. The van der Waals surface area contributed by atoms with Crippen LogP contribution in [-0.2, 0) is 27.3 Å². The normalized spacial score (nSPS) is 16.3. The molecule has 0 unspecified atom stereocenters. The van der Waals surface area contributed by atoms with E-state index in [1.807, 2.05) is 18.2 Å². The summed E-state index contributed by atoms with van der Waals surface area (Å²) < 4.78 is 6.03. The first-order chi connectivity index (χ1) is 14.3. The van der Waals surface area contributed by atoms with Gasteiger partial charge in [-0.25, -0.2) is 0 Å². The van der Waals surface area contributed by atoms with Crippen LogP contribution in [-0.4, -0.2) is 60.1 Å². The van der Waals surface area contributed by atoms with E-state index in [4.69, 9.17) is 9.84 Å². The number of rotatable bonds is 6. The molecule has 3 N–H and O–H groups in total. The topological polar surface area (TPSA) is 108 Å². The Balaban J connectivity index is 2.13.